The van der Waals surface area contributed by atoms with Crippen LogP contribution in [0.15, 0.2) is 29.2 Å². The fraction of sp³-hybridized carbons (Fsp3) is 0.467. The molecule has 0 unspecified atom stereocenters. The molecule has 0 bridgehead atoms. The van der Waals surface area contributed by atoms with Gasteiger partial charge < -0.3 is 10.1 Å². The van der Waals surface area contributed by atoms with E-state index in [2.05, 4.69) is 5.32 Å². The number of carbonyl (C=O) groups excluding carboxylic acids is 2. The molecule has 128 valence electrons. The summed E-state index contributed by atoms with van der Waals surface area (Å²) < 4.78 is 30.9. The Morgan fingerprint density at radius 3 is 2.22 bits per heavy atom. The van der Waals surface area contributed by atoms with Crippen LogP contribution in [0.1, 0.15) is 32.8 Å². The molecule has 1 aromatic rings. The van der Waals surface area contributed by atoms with E-state index in [1.165, 1.54) is 12.1 Å². The van der Waals surface area contributed by atoms with E-state index < -0.39 is 27.6 Å². The van der Waals surface area contributed by atoms with Crippen LogP contribution in [0.5, 0.6) is 0 Å². The minimum Gasteiger partial charge on any atom is -0.444 e. The number of hydrogen-bond donors (Lipinski definition) is 2. The molecule has 0 aromatic heterocycles. The third kappa shape index (κ3) is 7.14. The van der Waals surface area contributed by atoms with Gasteiger partial charge in [-0.3, -0.25) is 4.79 Å². The second-order valence-corrected chi connectivity index (χ2v) is 7.70. The average molecular weight is 342 g/mol. The number of ether oxygens (including phenoxy) is 1. The minimum atomic E-state index is -3.90. The Morgan fingerprint density at radius 1 is 1.13 bits per heavy atom. The first-order chi connectivity index (χ1) is 10.5. The van der Waals surface area contributed by atoms with Crippen LogP contribution in [0, 0.1) is 6.92 Å². The molecule has 0 aliphatic rings. The Kier molecular flexibility index (Phi) is 6.14. The number of alkyl carbamates (subject to hydrolysis) is 1. The molecular weight excluding hydrogens is 320 g/mol. The Balaban J connectivity index is 2.47. The molecule has 0 spiro atoms. The molecule has 2 amide bonds. The van der Waals surface area contributed by atoms with Crippen LogP contribution in [-0.2, 0) is 19.6 Å². The SMILES string of the molecule is Cc1ccc(S(=O)(=O)NC(=O)CCNC(=O)OC(C)(C)C)cc1. The standard InChI is InChI=1S/C15H22N2O5S/c1-11-5-7-12(8-6-11)23(20,21)17-13(18)9-10-16-14(19)22-15(2,3)4/h5-8H,9-10H2,1-4H3,(H,16,19)(H,17,18). The number of nitrogens with one attached hydrogen (secondary N) is 2. The van der Waals surface area contributed by atoms with Crippen molar-refractivity contribution in [2.75, 3.05) is 6.54 Å². The number of amides is 2. The normalized spacial score (nSPS) is 11.7. The number of hydrogen-bond acceptors (Lipinski definition) is 5. The summed E-state index contributed by atoms with van der Waals surface area (Å²) in [5.41, 5.74) is 0.276. The first kappa shape index (κ1) is 19.0. The largest absolute Gasteiger partial charge is 0.444 e. The lowest BCUT2D eigenvalue weighted by atomic mass is 10.2. The van der Waals surface area contributed by atoms with Gasteiger partial charge in [-0.1, -0.05) is 17.7 Å². The van der Waals surface area contributed by atoms with E-state index in [0.717, 1.165) is 5.56 Å². The third-order valence-electron chi connectivity index (χ3n) is 2.60. The van der Waals surface area contributed by atoms with Crippen molar-refractivity contribution in [3.8, 4) is 0 Å². The predicted molar refractivity (Wildman–Crippen MR) is 85.4 cm³/mol. The van der Waals surface area contributed by atoms with Crippen molar-refractivity contribution in [3.05, 3.63) is 29.8 Å². The van der Waals surface area contributed by atoms with Crippen molar-refractivity contribution < 1.29 is 22.7 Å². The molecule has 0 heterocycles. The lowest BCUT2D eigenvalue weighted by molar-refractivity contribution is -0.119. The number of sulfonamides is 1. The number of rotatable bonds is 5. The Labute approximate surface area is 136 Å². The molecule has 0 saturated heterocycles. The lowest BCUT2D eigenvalue weighted by Crippen LogP contribution is -2.36. The topological polar surface area (TPSA) is 102 Å². The van der Waals surface area contributed by atoms with Gasteiger partial charge in [0.05, 0.1) is 4.90 Å². The molecule has 0 radical (unpaired) electrons. The smallest absolute Gasteiger partial charge is 0.407 e. The molecule has 0 saturated carbocycles. The van der Waals surface area contributed by atoms with Gasteiger partial charge in [-0.25, -0.2) is 17.9 Å². The van der Waals surface area contributed by atoms with Gasteiger partial charge in [-0.05, 0) is 39.8 Å². The van der Waals surface area contributed by atoms with Gasteiger partial charge in [0, 0.05) is 13.0 Å². The van der Waals surface area contributed by atoms with E-state index in [9.17, 15) is 18.0 Å². The van der Waals surface area contributed by atoms with Crippen molar-refractivity contribution in [2.45, 2.75) is 44.6 Å². The Hall–Kier alpha value is -2.09. The summed E-state index contributed by atoms with van der Waals surface area (Å²) in [6.45, 7) is 6.95. The minimum absolute atomic E-state index is 0.0107. The van der Waals surface area contributed by atoms with Crippen LogP contribution in [-0.4, -0.2) is 32.6 Å². The van der Waals surface area contributed by atoms with Crippen molar-refractivity contribution >= 4 is 22.0 Å². The molecule has 8 heteroatoms. The van der Waals surface area contributed by atoms with Crippen LogP contribution in [0.2, 0.25) is 0 Å². The molecule has 2 N–H and O–H groups in total. The van der Waals surface area contributed by atoms with Gasteiger partial charge in [0.25, 0.3) is 10.0 Å². The molecule has 0 aliphatic carbocycles. The lowest BCUT2D eigenvalue weighted by Gasteiger charge is -2.19. The highest BCUT2D eigenvalue weighted by molar-refractivity contribution is 7.90. The maximum absolute atomic E-state index is 12.0. The summed E-state index contributed by atoms with van der Waals surface area (Å²) in [6, 6.07) is 6.12. The van der Waals surface area contributed by atoms with Crippen molar-refractivity contribution in [2.24, 2.45) is 0 Å². The van der Waals surface area contributed by atoms with Gasteiger partial charge in [0.1, 0.15) is 5.60 Å². The summed E-state index contributed by atoms with van der Waals surface area (Å²) in [5, 5.41) is 2.39. The zero-order chi connectivity index (χ0) is 17.7. The molecule has 0 atom stereocenters. The van der Waals surface area contributed by atoms with Gasteiger partial charge in [-0.2, -0.15) is 0 Å². The highest BCUT2D eigenvalue weighted by atomic mass is 32.2. The second-order valence-electron chi connectivity index (χ2n) is 6.02. The van der Waals surface area contributed by atoms with Gasteiger partial charge in [-0.15, -0.1) is 0 Å². The molecule has 23 heavy (non-hydrogen) atoms. The van der Waals surface area contributed by atoms with Crippen LogP contribution >= 0.6 is 0 Å². The van der Waals surface area contributed by atoms with Crippen LogP contribution in [0.25, 0.3) is 0 Å². The summed E-state index contributed by atoms with van der Waals surface area (Å²) in [5.74, 6) is -0.707. The highest BCUT2D eigenvalue weighted by Gasteiger charge is 2.18. The van der Waals surface area contributed by atoms with Crippen molar-refractivity contribution in [1.82, 2.24) is 10.0 Å². The first-order valence-corrected chi connectivity index (χ1v) is 8.57. The van der Waals surface area contributed by atoms with E-state index in [4.69, 9.17) is 4.74 Å². The summed E-state index contributed by atoms with van der Waals surface area (Å²) in [4.78, 5) is 23.1. The first-order valence-electron chi connectivity index (χ1n) is 7.09. The highest BCUT2D eigenvalue weighted by Crippen LogP contribution is 2.10. The third-order valence-corrected chi connectivity index (χ3v) is 3.99. The number of aryl methyl sites for hydroxylation is 1. The number of benzene rings is 1. The maximum atomic E-state index is 12.0. The van der Waals surface area contributed by atoms with E-state index in [-0.39, 0.29) is 17.9 Å². The van der Waals surface area contributed by atoms with Crippen LogP contribution in [0.4, 0.5) is 4.79 Å². The second kappa shape index (κ2) is 7.45. The van der Waals surface area contributed by atoms with E-state index in [0.29, 0.717) is 0 Å². The van der Waals surface area contributed by atoms with E-state index >= 15 is 0 Å². The number of carbonyl (C=O) groups is 2. The maximum Gasteiger partial charge on any atom is 0.407 e. The molecule has 0 fully saturated rings. The quantitative estimate of drug-likeness (QED) is 0.848. The van der Waals surface area contributed by atoms with Gasteiger partial charge in [0.15, 0.2) is 0 Å². The fourth-order valence-electron chi connectivity index (χ4n) is 1.57. The molecular formula is C15H22N2O5S. The van der Waals surface area contributed by atoms with E-state index in [1.54, 1.807) is 32.9 Å². The van der Waals surface area contributed by atoms with Gasteiger partial charge >= 0.3 is 6.09 Å². The average Bonchev–Trinajstić information content (AvgIpc) is 2.36. The summed E-state index contributed by atoms with van der Waals surface area (Å²) >= 11 is 0. The van der Waals surface area contributed by atoms with Crippen LogP contribution in [0.3, 0.4) is 0 Å². The fourth-order valence-corrected chi connectivity index (χ4v) is 2.58. The summed E-state index contributed by atoms with van der Waals surface area (Å²) in [6.07, 6.45) is -0.837. The van der Waals surface area contributed by atoms with E-state index in [1.807, 2.05) is 11.6 Å². The van der Waals surface area contributed by atoms with Crippen molar-refractivity contribution in [1.29, 1.82) is 0 Å². The molecule has 1 aromatic carbocycles. The molecule has 1 rings (SSSR count). The molecule has 0 aliphatic heterocycles. The summed E-state index contributed by atoms with van der Waals surface area (Å²) in [7, 11) is -3.90. The molecule has 7 nitrogen and oxygen atoms in total. The van der Waals surface area contributed by atoms with Gasteiger partial charge in [0.2, 0.25) is 5.91 Å². The zero-order valence-electron chi connectivity index (χ0n) is 13.7. The monoisotopic (exact) mass is 342 g/mol. The van der Waals surface area contributed by atoms with Crippen molar-refractivity contribution in [3.63, 3.8) is 0 Å². The predicted octanol–water partition coefficient (Wildman–Crippen LogP) is 1.71. The Morgan fingerprint density at radius 2 is 1.70 bits per heavy atom. The van der Waals surface area contributed by atoms with Crippen LogP contribution < -0.4 is 10.0 Å². The Bertz CT molecular complexity index is 660. The zero-order valence-corrected chi connectivity index (χ0v) is 14.5.